The van der Waals surface area contributed by atoms with Crippen molar-refractivity contribution in [2.45, 2.75) is 61.3 Å². The molecule has 43 heavy (non-hydrogen) atoms. The van der Waals surface area contributed by atoms with Gasteiger partial charge in [-0.15, -0.1) is 0 Å². The molecule has 0 N–H and O–H groups in total. The van der Waals surface area contributed by atoms with Crippen LogP contribution in [-0.4, -0.2) is 4.98 Å². The monoisotopic (exact) mass is 565 g/mol. The lowest BCUT2D eigenvalue weighted by Crippen LogP contribution is -2.09. The van der Waals surface area contributed by atoms with Crippen LogP contribution in [0.2, 0.25) is 0 Å². The van der Waals surface area contributed by atoms with Gasteiger partial charge in [0.1, 0.15) is 22.3 Å². The molecule has 0 unspecified atom stereocenters. The Hall–Kier alpha value is -4.37. The maximum atomic E-state index is 6.95. The second-order valence-electron chi connectivity index (χ2n) is 14.5. The van der Waals surface area contributed by atoms with Gasteiger partial charge in [0.05, 0.1) is 11.1 Å². The predicted octanol–water partition coefficient (Wildman–Crippen LogP) is 11.7. The maximum absolute atomic E-state index is 6.95. The molecule has 3 heteroatoms. The Morgan fingerprint density at radius 1 is 0.581 bits per heavy atom. The molecule has 0 atom stereocenters. The maximum Gasteiger partial charge on any atom is 0.147 e. The number of pyridine rings is 1. The van der Waals surface area contributed by atoms with Crippen molar-refractivity contribution in [1.82, 2.24) is 4.98 Å². The van der Waals surface area contributed by atoms with Crippen molar-refractivity contribution in [2.24, 2.45) is 10.8 Å². The smallest absolute Gasteiger partial charge is 0.147 e. The highest BCUT2D eigenvalue weighted by Crippen LogP contribution is 2.47. The van der Waals surface area contributed by atoms with Gasteiger partial charge in [0.25, 0.3) is 0 Å². The fraction of sp³-hybridized carbons (Fsp3) is 0.275. The molecule has 3 nitrogen and oxygen atoms in total. The van der Waals surface area contributed by atoms with Crippen LogP contribution in [0.5, 0.6) is 0 Å². The standard InChI is InChI=1S/C40H39NO2/c1-24-23-41-33(25-13-9-8-10-14-25)20-30(24)32-19-31-28-17-11-15-26(21-39(2,3)4)35(28)42-37(31)34-29-18-12-16-27(22-40(5,6)7)36(29)43-38(32)34/h8-20,23H,21-22H2,1-7H3. The first-order valence-corrected chi connectivity index (χ1v) is 15.3. The highest BCUT2D eigenvalue weighted by Gasteiger charge is 2.25. The number of aryl methyl sites for hydroxylation is 1. The van der Waals surface area contributed by atoms with Crippen molar-refractivity contribution in [3.05, 3.63) is 102 Å². The molecule has 0 amide bonds. The largest absolute Gasteiger partial charge is 0.455 e. The number of hydrogen-bond acceptors (Lipinski definition) is 3. The summed E-state index contributed by atoms with van der Waals surface area (Å²) in [6.07, 6.45) is 3.84. The first-order valence-electron chi connectivity index (χ1n) is 15.3. The van der Waals surface area contributed by atoms with Crippen LogP contribution in [0, 0.1) is 17.8 Å². The third kappa shape index (κ3) is 4.91. The summed E-state index contributed by atoms with van der Waals surface area (Å²) in [4.78, 5) is 4.81. The van der Waals surface area contributed by atoms with E-state index in [0.29, 0.717) is 0 Å². The third-order valence-electron chi connectivity index (χ3n) is 8.30. The van der Waals surface area contributed by atoms with Crippen LogP contribution < -0.4 is 0 Å². The molecule has 3 aromatic heterocycles. The Balaban J connectivity index is 1.60. The summed E-state index contributed by atoms with van der Waals surface area (Å²) in [7, 11) is 0. The van der Waals surface area contributed by atoms with Gasteiger partial charge in [-0.2, -0.15) is 0 Å². The highest BCUT2D eigenvalue weighted by molar-refractivity contribution is 6.25. The molecule has 0 spiro atoms. The van der Waals surface area contributed by atoms with E-state index in [9.17, 15) is 0 Å². The van der Waals surface area contributed by atoms with E-state index in [1.54, 1.807) is 0 Å². The van der Waals surface area contributed by atoms with Gasteiger partial charge in [0.15, 0.2) is 0 Å². The molecular formula is C40H39NO2. The minimum atomic E-state index is 0.124. The normalized spacial score (nSPS) is 12.7. The topological polar surface area (TPSA) is 39.2 Å². The minimum absolute atomic E-state index is 0.124. The Morgan fingerprint density at radius 3 is 1.84 bits per heavy atom. The summed E-state index contributed by atoms with van der Waals surface area (Å²) in [5.74, 6) is 0. The molecule has 0 aliphatic heterocycles. The van der Waals surface area contributed by atoms with Gasteiger partial charge in [-0.05, 0) is 65.0 Å². The average Bonchev–Trinajstić information content (AvgIpc) is 3.52. The summed E-state index contributed by atoms with van der Waals surface area (Å²) in [6, 6.07) is 28.0. The van der Waals surface area contributed by atoms with Crippen molar-refractivity contribution in [3.8, 4) is 22.4 Å². The van der Waals surface area contributed by atoms with E-state index < -0.39 is 0 Å². The predicted molar refractivity (Wildman–Crippen MR) is 181 cm³/mol. The molecule has 7 rings (SSSR count). The van der Waals surface area contributed by atoms with Gasteiger partial charge in [0.2, 0.25) is 0 Å². The Bertz CT molecular complexity index is 2150. The molecule has 7 aromatic rings. The zero-order valence-corrected chi connectivity index (χ0v) is 26.3. The zero-order valence-electron chi connectivity index (χ0n) is 26.3. The molecule has 0 fully saturated rings. The number of nitrogens with zero attached hydrogens (tertiary/aromatic N) is 1. The summed E-state index contributed by atoms with van der Waals surface area (Å²) in [5.41, 5.74) is 11.8. The van der Waals surface area contributed by atoms with Gasteiger partial charge in [0, 0.05) is 33.5 Å². The van der Waals surface area contributed by atoms with Crippen molar-refractivity contribution in [2.75, 3.05) is 0 Å². The van der Waals surface area contributed by atoms with Gasteiger partial charge in [-0.1, -0.05) is 108 Å². The molecular weight excluding hydrogens is 526 g/mol. The van der Waals surface area contributed by atoms with Crippen molar-refractivity contribution in [3.63, 3.8) is 0 Å². The number of rotatable bonds is 4. The van der Waals surface area contributed by atoms with Gasteiger partial charge in [-0.25, -0.2) is 0 Å². The molecule has 0 saturated heterocycles. The number of furan rings is 2. The van der Waals surface area contributed by atoms with Crippen LogP contribution >= 0.6 is 0 Å². The van der Waals surface area contributed by atoms with E-state index >= 15 is 0 Å². The molecule has 216 valence electrons. The lowest BCUT2D eigenvalue weighted by molar-refractivity contribution is 0.410. The first-order chi connectivity index (χ1) is 20.5. The molecule has 0 radical (unpaired) electrons. The van der Waals surface area contributed by atoms with Crippen molar-refractivity contribution < 1.29 is 8.83 Å². The Labute approximate surface area is 253 Å². The van der Waals surface area contributed by atoms with Crippen LogP contribution in [0.4, 0.5) is 0 Å². The number of aromatic nitrogens is 1. The number of hydrogen-bond donors (Lipinski definition) is 0. The quantitative estimate of drug-likeness (QED) is 0.213. The third-order valence-corrected chi connectivity index (χ3v) is 8.30. The van der Waals surface area contributed by atoms with E-state index in [1.807, 2.05) is 12.3 Å². The van der Waals surface area contributed by atoms with Crippen LogP contribution in [0.1, 0.15) is 58.2 Å². The lowest BCUT2D eigenvalue weighted by Gasteiger charge is -2.18. The van der Waals surface area contributed by atoms with Gasteiger partial charge >= 0.3 is 0 Å². The van der Waals surface area contributed by atoms with Crippen molar-refractivity contribution >= 4 is 43.9 Å². The summed E-state index contributed by atoms with van der Waals surface area (Å²) in [5, 5.41) is 4.42. The Kier molecular flexibility index (Phi) is 6.28. The van der Waals surface area contributed by atoms with Gasteiger partial charge in [-0.3, -0.25) is 4.98 Å². The summed E-state index contributed by atoms with van der Waals surface area (Å²) < 4.78 is 13.8. The summed E-state index contributed by atoms with van der Waals surface area (Å²) >= 11 is 0. The van der Waals surface area contributed by atoms with E-state index in [1.165, 1.54) is 11.1 Å². The molecule has 4 aromatic carbocycles. The van der Waals surface area contributed by atoms with Crippen LogP contribution in [0.25, 0.3) is 66.3 Å². The second-order valence-corrected chi connectivity index (χ2v) is 14.5. The fourth-order valence-corrected chi connectivity index (χ4v) is 6.53. The van der Waals surface area contributed by atoms with Crippen LogP contribution in [0.15, 0.2) is 93.9 Å². The fourth-order valence-electron chi connectivity index (χ4n) is 6.53. The van der Waals surface area contributed by atoms with Gasteiger partial charge < -0.3 is 8.83 Å². The molecule has 0 bridgehead atoms. The van der Waals surface area contributed by atoms with E-state index in [2.05, 4.69) is 121 Å². The summed E-state index contributed by atoms with van der Waals surface area (Å²) in [6.45, 7) is 15.8. The average molecular weight is 566 g/mol. The van der Waals surface area contributed by atoms with Crippen LogP contribution in [-0.2, 0) is 12.8 Å². The van der Waals surface area contributed by atoms with E-state index in [4.69, 9.17) is 13.8 Å². The minimum Gasteiger partial charge on any atom is -0.455 e. The van der Waals surface area contributed by atoms with Crippen LogP contribution in [0.3, 0.4) is 0 Å². The Morgan fingerprint density at radius 2 is 1.19 bits per heavy atom. The molecule has 3 heterocycles. The number of fused-ring (bicyclic) bond motifs is 7. The number of benzene rings is 4. The molecule has 0 saturated carbocycles. The first kappa shape index (κ1) is 27.5. The van der Waals surface area contributed by atoms with E-state index in [0.717, 1.165) is 84.7 Å². The lowest BCUT2D eigenvalue weighted by atomic mass is 9.87. The zero-order chi connectivity index (χ0) is 30.1. The highest BCUT2D eigenvalue weighted by atomic mass is 16.3. The number of para-hydroxylation sites is 2. The van der Waals surface area contributed by atoms with Crippen molar-refractivity contribution in [1.29, 1.82) is 0 Å². The SMILES string of the molecule is Cc1cnc(-c2ccccc2)cc1-c1cc2c3cccc(CC(C)(C)C)c3oc2c2c1oc1c(CC(C)(C)C)cccc12. The molecule has 0 aliphatic rings. The second kappa shape index (κ2) is 9.84. The molecule has 0 aliphatic carbocycles. The van der Waals surface area contributed by atoms with E-state index in [-0.39, 0.29) is 10.8 Å².